The summed E-state index contributed by atoms with van der Waals surface area (Å²) in [5.74, 6) is -0.0910. The van der Waals surface area contributed by atoms with Gasteiger partial charge in [0.1, 0.15) is 0 Å². The van der Waals surface area contributed by atoms with E-state index < -0.39 is 0 Å². The highest BCUT2D eigenvalue weighted by atomic mass is 32.1. The van der Waals surface area contributed by atoms with Crippen molar-refractivity contribution in [1.82, 2.24) is 19.9 Å². The highest BCUT2D eigenvalue weighted by molar-refractivity contribution is 7.14. The number of hydrogen-bond donors (Lipinski definition) is 3. The van der Waals surface area contributed by atoms with E-state index in [9.17, 15) is 9.59 Å². The maximum absolute atomic E-state index is 12.1. The molecule has 3 N–H and O–H groups in total. The van der Waals surface area contributed by atoms with Crippen LogP contribution in [0.1, 0.15) is 17.7 Å². The third-order valence-electron chi connectivity index (χ3n) is 3.86. The zero-order valence-electron chi connectivity index (χ0n) is 15.5. The fraction of sp³-hybridized carbons (Fsp3) is 0.263. The van der Waals surface area contributed by atoms with Gasteiger partial charge in [-0.15, -0.1) is 11.3 Å². The molecule has 0 saturated heterocycles. The molecule has 28 heavy (non-hydrogen) atoms. The molecule has 0 spiro atoms. The molecule has 0 aliphatic rings. The summed E-state index contributed by atoms with van der Waals surface area (Å²) in [6.45, 7) is 3.35. The molecule has 0 aliphatic carbocycles. The molecule has 0 unspecified atom stereocenters. The first kappa shape index (κ1) is 19.6. The number of carbonyl (C=O) groups excluding carboxylic acids is 2. The summed E-state index contributed by atoms with van der Waals surface area (Å²) < 4.78 is 1.96. The van der Waals surface area contributed by atoms with Crippen LogP contribution in [-0.4, -0.2) is 33.0 Å². The van der Waals surface area contributed by atoms with Gasteiger partial charge in [0, 0.05) is 36.6 Å². The quantitative estimate of drug-likeness (QED) is 0.508. The lowest BCUT2D eigenvalue weighted by atomic mass is 10.2. The van der Waals surface area contributed by atoms with E-state index in [1.807, 2.05) is 42.0 Å². The van der Waals surface area contributed by atoms with Crippen molar-refractivity contribution in [2.45, 2.75) is 26.3 Å². The number of imidazole rings is 1. The average molecular weight is 398 g/mol. The van der Waals surface area contributed by atoms with Gasteiger partial charge in [0.2, 0.25) is 5.91 Å². The molecule has 0 atom stereocenters. The molecule has 3 aromatic rings. The van der Waals surface area contributed by atoms with E-state index in [0.29, 0.717) is 23.1 Å². The summed E-state index contributed by atoms with van der Waals surface area (Å²) in [4.78, 5) is 32.3. The van der Waals surface area contributed by atoms with Crippen LogP contribution < -0.4 is 16.0 Å². The van der Waals surface area contributed by atoms with Gasteiger partial charge in [0.15, 0.2) is 5.13 Å². The molecular formula is C19H22N6O2S. The molecule has 8 nitrogen and oxygen atoms in total. The molecular weight excluding hydrogens is 376 g/mol. The Balaban J connectivity index is 1.39. The summed E-state index contributed by atoms with van der Waals surface area (Å²) in [6.07, 6.45) is 6.38. The number of aryl methyl sites for hydroxylation is 2. The summed E-state index contributed by atoms with van der Waals surface area (Å²) in [6, 6.07) is 7.16. The third-order valence-corrected chi connectivity index (χ3v) is 4.67. The van der Waals surface area contributed by atoms with Crippen molar-refractivity contribution in [3.05, 3.63) is 59.6 Å². The van der Waals surface area contributed by atoms with Gasteiger partial charge >= 0.3 is 6.03 Å². The number of hydrogen-bond acceptors (Lipinski definition) is 5. The topological polar surface area (TPSA) is 101 Å². The first-order chi connectivity index (χ1) is 13.6. The molecule has 0 aliphatic heterocycles. The Hall–Kier alpha value is -3.20. The van der Waals surface area contributed by atoms with Crippen LogP contribution in [0.2, 0.25) is 0 Å². The highest BCUT2D eigenvalue weighted by Gasteiger charge is 2.10. The number of rotatable bonds is 8. The van der Waals surface area contributed by atoms with Gasteiger partial charge in [-0.25, -0.2) is 14.8 Å². The van der Waals surface area contributed by atoms with E-state index in [1.165, 1.54) is 11.3 Å². The van der Waals surface area contributed by atoms with Gasteiger partial charge in [-0.2, -0.15) is 0 Å². The molecule has 0 saturated carbocycles. The monoisotopic (exact) mass is 398 g/mol. The summed E-state index contributed by atoms with van der Waals surface area (Å²) in [7, 11) is 0. The van der Waals surface area contributed by atoms with Crippen molar-refractivity contribution < 1.29 is 9.59 Å². The second-order valence-electron chi connectivity index (χ2n) is 6.27. The van der Waals surface area contributed by atoms with Crippen LogP contribution >= 0.6 is 11.3 Å². The number of aromatic nitrogens is 3. The minimum absolute atomic E-state index is 0.0910. The fourth-order valence-electron chi connectivity index (χ4n) is 2.56. The molecule has 0 bridgehead atoms. The Morgan fingerprint density at radius 2 is 2.14 bits per heavy atom. The number of nitrogens with one attached hydrogen (secondary N) is 3. The Kier molecular flexibility index (Phi) is 6.74. The molecule has 0 fully saturated rings. The van der Waals surface area contributed by atoms with Gasteiger partial charge < -0.3 is 15.2 Å². The van der Waals surface area contributed by atoms with Crippen LogP contribution in [0.5, 0.6) is 0 Å². The van der Waals surface area contributed by atoms with E-state index >= 15 is 0 Å². The van der Waals surface area contributed by atoms with Gasteiger partial charge in [0.25, 0.3) is 0 Å². The minimum Gasteiger partial charge on any atom is -0.356 e. The Morgan fingerprint density at radius 3 is 2.93 bits per heavy atom. The number of nitrogens with zero attached hydrogens (tertiary/aromatic N) is 3. The lowest BCUT2D eigenvalue weighted by Gasteiger charge is -2.06. The van der Waals surface area contributed by atoms with Crippen LogP contribution in [0.4, 0.5) is 15.6 Å². The molecule has 2 aromatic heterocycles. The van der Waals surface area contributed by atoms with Crippen molar-refractivity contribution >= 4 is 34.1 Å². The zero-order chi connectivity index (χ0) is 19.8. The average Bonchev–Trinajstić information content (AvgIpc) is 3.31. The number of anilines is 2. The Bertz CT molecular complexity index is 922. The number of benzene rings is 1. The number of carbonyl (C=O) groups is 2. The first-order valence-electron chi connectivity index (χ1n) is 8.90. The van der Waals surface area contributed by atoms with E-state index in [-0.39, 0.29) is 18.4 Å². The largest absolute Gasteiger partial charge is 0.356 e. The predicted octanol–water partition coefficient (Wildman–Crippen LogP) is 3.04. The Morgan fingerprint density at radius 1 is 1.25 bits per heavy atom. The van der Waals surface area contributed by atoms with Crippen LogP contribution in [0, 0.1) is 6.92 Å². The lowest BCUT2D eigenvalue weighted by molar-refractivity contribution is -0.120. The zero-order valence-corrected chi connectivity index (χ0v) is 16.3. The molecule has 1 aromatic carbocycles. The van der Waals surface area contributed by atoms with Crippen molar-refractivity contribution in [1.29, 1.82) is 0 Å². The first-order valence-corrected chi connectivity index (χ1v) is 9.78. The molecule has 3 rings (SSSR count). The molecule has 0 radical (unpaired) electrons. The van der Waals surface area contributed by atoms with Gasteiger partial charge in [-0.1, -0.05) is 12.1 Å². The van der Waals surface area contributed by atoms with E-state index in [1.54, 1.807) is 17.9 Å². The molecule has 9 heteroatoms. The number of thiazole rings is 1. The standard InChI is InChI=1S/C19H22N6O2S/c1-14-4-2-5-15(10-14)22-18(27)24-19-23-16(12-28-19)11-17(26)21-6-3-8-25-9-7-20-13-25/h2,4-5,7,9-10,12-13H,3,6,8,11H2,1H3,(H,21,26)(H2,22,23,24,27). The molecule has 2 heterocycles. The SMILES string of the molecule is Cc1cccc(NC(=O)Nc2nc(CC(=O)NCCCn3ccnc3)cs2)c1. The fourth-order valence-corrected chi connectivity index (χ4v) is 3.27. The van der Waals surface area contributed by atoms with Crippen LogP contribution in [0.3, 0.4) is 0 Å². The summed E-state index contributed by atoms with van der Waals surface area (Å²) in [5.41, 5.74) is 2.40. The van der Waals surface area contributed by atoms with Gasteiger partial charge in [-0.3, -0.25) is 10.1 Å². The van der Waals surface area contributed by atoms with Crippen molar-refractivity contribution in [3.8, 4) is 0 Å². The molecule has 146 valence electrons. The van der Waals surface area contributed by atoms with Crippen molar-refractivity contribution in [2.24, 2.45) is 0 Å². The van der Waals surface area contributed by atoms with E-state index in [0.717, 1.165) is 18.5 Å². The second-order valence-corrected chi connectivity index (χ2v) is 7.13. The normalized spacial score (nSPS) is 10.5. The highest BCUT2D eigenvalue weighted by Crippen LogP contribution is 2.17. The van der Waals surface area contributed by atoms with Crippen LogP contribution in [-0.2, 0) is 17.8 Å². The smallest absolute Gasteiger partial charge is 0.325 e. The van der Waals surface area contributed by atoms with Gasteiger partial charge in [-0.05, 0) is 31.0 Å². The summed E-state index contributed by atoms with van der Waals surface area (Å²) in [5, 5.41) is 10.5. The predicted molar refractivity (Wildman–Crippen MR) is 109 cm³/mol. The van der Waals surface area contributed by atoms with Crippen LogP contribution in [0.25, 0.3) is 0 Å². The van der Waals surface area contributed by atoms with Crippen molar-refractivity contribution in [3.63, 3.8) is 0 Å². The lowest BCUT2D eigenvalue weighted by Crippen LogP contribution is -2.27. The van der Waals surface area contributed by atoms with E-state index in [2.05, 4.69) is 25.9 Å². The third kappa shape index (κ3) is 6.20. The van der Waals surface area contributed by atoms with Gasteiger partial charge in [0.05, 0.1) is 18.4 Å². The minimum atomic E-state index is -0.365. The maximum atomic E-state index is 12.1. The summed E-state index contributed by atoms with van der Waals surface area (Å²) >= 11 is 1.29. The maximum Gasteiger partial charge on any atom is 0.325 e. The number of amides is 3. The Labute approximate surface area is 167 Å². The number of urea groups is 1. The van der Waals surface area contributed by atoms with E-state index in [4.69, 9.17) is 0 Å². The van der Waals surface area contributed by atoms with Crippen molar-refractivity contribution in [2.75, 3.05) is 17.2 Å². The van der Waals surface area contributed by atoms with Crippen LogP contribution in [0.15, 0.2) is 48.4 Å². The molecule has 3 amide bonds. The second kappa shape index (κ2) is 9.65.